The van der Waals surface area contributed by atoms with Crippen molar-refractivity contribution in [3.8, 4) is 0 Å². The molecule has 2 aliphatic heterocycles. The maximum atomic E-state index is 13.2. The highest BCUT2D eigenvalue weighted by Gasteiger charge is 2.52. The zero-order valence-corrected chi connectivity index (χ0v) is 23.7. The van der Waals surface area contributed by atoms with Gasteiger partial charge in [-0.25, -0.2) is 4.79 Å². The van der Waals surface area contributed by atoms with Crippen LogP contribution in [0.3, 0.4) is 0 Å². The first-order valence-electron chi connectivity index (χ1n) is 12.2. The van der Waals surface area contributed by atoms with Gasteiger partial charge in [-0.2, -0.15) is 0 Å². The molecule has 2 atom stereocenters. The van der Waals surface area contributed by atoms with Crippen LogP contribution in [0.5, 0.6) is 0 Å². The summed E-state index contributed by atoms with van der Waals surface area (Å²) in [5, 5.41) is 0. The Bertz CT molecular complexity index is 976. The fourth-order valence-corrected chi connectivity index (χ4v) is 8.92. The largest absolute Gasteiger partial charge is 0.427 e. The predicted octanol–water partition coefficient (Wildman–Crippen LogP) is 4.15. The first-order valence-corrected chi connectivity index (χ1v) is 16.2. The number of thioether (sulfide) groups is 2. The molecule has 1 spiro atoms. The highest BCUT2D eigenvalue weighted by Crippen LogP contribution is 2.52. The Balaban J connectivity index is 1.55. The van der Waals surface area contributed by atoms with Crippen molar-refractivity contribution in [2.45, 2.75) is 56.6 Å². The van der Waals surface area contributed by atoms with Gasteiger partial charge in [-0.1, -0.05) is 30.3 Å². The van der Waals surface area contributed by atoms with Crippen LogP contribution in [0.25, 0.3) is 0 Å². The molecule has 200 valence electrons. The fraction of sp³-hybridized carbons (Fsp3) is 0.640. The molecule has 0 bridgehead atoms. The highest BCUT2D eigenvalue weighted by atomic mass is 32.2. The van der Waals surface area contributed by atoms with Crippen molar-refractivity contribution >= 4 is 48.7 Å². The number of carbonyl (C=O) groups excluding carboxylic acids is 3. The number of rotatable bonds is 10. The summed E-state index contributed by atoms with van der Waals surface area (Å²) in [4.78, 5) is 49.9. The molecule has 1 unspecified atom stereocenters. The third-order valence-corrected chi connectivity index (χ3v) is 11.4. The van der Waals surface area contributed by atoms with E-state index in [1.165, 1.54) is 10.5 Å². The van der Waals surface area contributed by atoms with E-state index >= 15 is 0 Å². The van der Waals surface area contributed by atoms with Crippen LogP contribution in [0.4, 0.5) is 0 Å². The molecule has 0 aromatic heterocycles. The number of likely N-dealkylation sites (tertiary alicyclic amines) is 1. The quantitative estimate of drug-likeness (QED) is 0.196. The molecule has 2 saturated heterocycles. The summed E-state index contributed by atoms with van der Waals surface area (Å²) in [6, 6.07) is 9.04. The Morgan fingerprint density at radius 3 is 2.42 bits per heavy atom. The lowest BCUT2D eigenvalue weighted by Crippen LogP contribution is -2.43. The number of carbonyl (C=O) groups is 3. The Morgan fingerprint density at radius 2 is 1.78 bits per heavy atom. The average Bonchev–Trinajstić information content (AvgIpc) is 3.43. The lowest BCUT2D eigenvalue weighted by molar-refractivity contribution is -0.176. The first kappa shape index (κ1) is 29.1. The SMILES string of the molecule is CC(C)(C)C(=O)OCOC(=O)[C@@H]1CC2(CN1C(=O)CP(=O)(O)CCCCc1ccccc1)SCCS2. The van der Waals surface area contributed by atoms with E-state index in [0.29, 0.717) is 19.4 Å². The number of hydrogen-bond donors (Lipinski definition) is 1. The standard InChI is InChI=1S/C25H36NO7PS2/c1-24(2,3)23(29)33-18-32-22(28)20-15-25(35-13-14-36-25)17-26(20)21(27)16-34(30,31)12-8-7-11-19-9-5-4-6-10-19/h4-6,9-10,20H,7-8,11-18H2,1-3H3,(H,30,31)/t20-/m0/s1. The van der Waals surface area contributed by atoms with Crippen molar-refractivity contribution in [1.82, 2.24) is 4.90 Å². The molecular weight excluding hydrogens is 521 g/mol. The minimum Gasteiger partial charge on any atom is -0.427 e. The van der Waals surface area contributed by atoms with E-state index in [1.807, 2.05) is 30.3 Å². The Morgan fingerprint density at radius 1 is 1.11 bits per heavy atom. The van der Waals surface area contributed by atoms with Crippen LogP contribution in [0.2, 0.25) is 0 Å². The van der Waals surface area contributed by atoms with Crippen molar-refractivity contribution in [1.29, 1.82) is 0 Å². The number of amides is 1. The molecule has 1 aromatic carbocycles. The van der Waals surface area contributed by atoms with E-state index in [9.17, 15) is 23.8 Å². The van der Waals surface area contributed by atoms with E-state index in [0.717, 1.165) is 24.3 Å². The van der Waals surface area contributed by atoms with Crippen molar-refractivity contribution in [2.24, 2.45) is 5.41 Å². The summed E-state index contributed by atoms with van der Waals surface area (Å²) < 4.78 is 22.8. The maximum Gasteiger partial charge on any atom is 0.331 e. The van der Waals surface area contributed by atoms with Crippen LogP contribution in [0, 0.1) is 5.41 Å². The molecule has 0 aliphatic carbocycles. The minimum atomic E-state index is -3.70. The summed E-state index contributed by atoms with van der Waals surface area (Å²) in [5.74, 6) is 0.157. The van der Waals surface area contributed by atoms with Crippen LogP contribution in [0.15, 0.2) is 30.3 Å². The van der Waals surface area contributed by atoms with Gasteiger partial charge in [0.05, 0.1) is 9.49 Å². The van der Waals surface area contributed by atoms with Crippen LogP contribution in [-0.2, 0) is 34.8 Å². The van der Waals surface area contributed by atoms with Gasteiger partial charge in [0, 0.05) is 30.6 Å². The zero-order chi connectivity index (χ0) is 26.4. The molecule has 0 saturated carbocycles. The zero-order valence-electron chi connectivity index (χ0n) is 21.1. The molecule has 2 fully saturated rings. The summed E-state index contributed by atoms with van der Waals surface area (Å²) in [6.45, 7) is 4.88. The molecule has 36 heavy (non-hydrogen) atoms. The van der Waals surface area contributed by atoms with Crippen LogP contribution >= 0.6 is 30.9 Å². The summed E-state index contributed by atoms with van der Waals surface area (Å²) >= 11 is 3.41. The lowest BCUT2D eigenvalue weighted by Gasteiger charge is -2.25. The molecule has 2 heterocycles. The van der Waals surface area contributed by atoms with Gasteiger partial charge in [-0.15, -0.1) is 23.5 Å². The summed E-state index contributed by atoms with van der Waals surface area (Å²) in [5.41, 5.74) is 0.441. The van der Waals surface area contributed by atoms with E-state index in [-0.39, 0.29) is 10.2 Å². The molecule has 1 amide bonds. The second-order valence-corrected chi connectivity index (χ2v) is 16.0. The van der Waals surface area contributed by atoms with Gasteiger partial charge in [0.25, 0.3) is 0 Å². The minimum absolute atomic E-state index is 0.0614. The topological polar surface area (TPSA) is 110 Å². The lowest BCUT2D eigenvalue weighted by atomic mass is 9.98. The molecule has 3 rings (SSSR count). The maximum absolute atomic E-state index is 13.2. The van der Waals surface area contributed by atoms with E-state index in [4.69, 9.17) is 9.47 Å². The van der Waals surface area contributed by atoms with Crippen molar-refractivity contribution in [3.05, 3.63) is 35.9 Å². The number of aryl methyl sites for hydroxylation is 1. The second kappa shape index (κ2) is 12.4. The highest BCUT2D eigenvalue weighted by molar-refractivity contribution is 8.21. The molecule has 2 aliphatic rings. The molecule has 8 nitrogen and oxygen atoms in total. The van der Waals surface area contributed by atoms with E-state index < -0.39 is 49.6 Å². The van der Waals surface area contributed by atoms with Crippen molar-refractivity contribution in [3.63, 3.8) is 0 Å². The normalized spacial score (nSPS) is 20.8. The van der Waals surface area contributed by atoms with Gasteiger partial charge in [-0.3, -0.25) is 14.2 Å². The summed E-state index contributed by atoms with van der Waals surface area (Å²) in [6.07, 6.45) is 2.07. The van der Waals surface area contributed by atoms with Gasteiger partial charge in [-0.05, 0) is 45.6 Å². The molecule has 0 radical (unpaired) electrons. The van der Waals surface area contributed by atoms with Gasteiger partial charge < -0.3 is 19.3 Å². The Kier molecular flexibility index (Phi) is 10.00. The van der Waals surface area contributed by atoms with Gasteiger partial charge >= 0.3 is 11.9 Å². The Hall–Kier alpha value is -1.48. The number of nitrogens with zero attached hydrogens (tertiary/aromatic N) is 1. The average molecular weight is 558 g/mol. The number of esters is 2. The second-order valence-electron chi connectivity index (χ2n) is 10.3. The van der Waals surface area contributed by atoms with E-state index in [2.05, 4.69) is 0 Å². The van der Waals surface area contributed by atoms with Gasteiger partial charge in [0.1, 0.15) is 12.2 Å². The van der Waals surface area contributed by atoms with Crippen LogP contribution in [0.1, 0.15) is 45.6 Å². The number of ether oxygens (including phenoxy) is 2. The number of hydrogen-bond acceptors (Lipinski definition) is 8. The van der Waals surface area contributed by atoms with Gasteiger partial charge in [0.15, 0.2) is 0 Å². The van der Waals surface area contributed by atoms with Crippen LogP contribution in [-0.4, -0.2) is 74.9 Å². The third-order valence-electron chi connectivity index (χ3n) is 6.15. The van der Waals surface area contributed by atoms with Crippen molar-refractivity contribution in [2.75, 3.05) is 37.2 Å². The third kappa shape index (κ3) is 8.27. The summed E-state index contributed by atoms with van der Waals surface area (Å²) in [7, 11) is -3.70. The smallest absolute Gasteiger partial charge is 0.331 e. The van der Waals surface area contributed by atoms with E-state index in [1.54, 1.807) is 44.3 Å². The molecular formula is C25H36NO7PS2. The van der Waals surface area contributed by atoms with Crippen molar-refractivity contribution < 1.29 is 33.3 Å². The number of benzene rings is 1. The molecule has 11 heteroatoms. The van der Waals surface area contributed by atoms with Gasteiger partial charge in [0.2, 0.25) is 20.1 Å². The molecule has 1 N–H and O–H groups in total. The predicted molar refractivity (Wildman–Crippen MR) is 143 cm³/mol. The molecule has 1 aromatic rings. The van der Waals surface area contributed by atoms with Crippen LogP contribution < -0.4 is 0 Å². The monoisotopic (exact) mass is 557 g/mol. The fourth-order valence-electron chi connectivity index (χ4n) is 4.19. The Labute approximate surface area is 221 Å². The number of unbranched alkanes of at least 4 members (excludes halogenated alkanes) is 1. The first-order chi connectivity index (χ1) is 16.9.